The first kappa shape index (κ1) is 15.3. The van der Waals surface area contributed by atoms with Gasteiger partial charge >= 0.3 is 0 Å². The molecular weight excluding hydrogens is 276 g/mol. The Hall–Kier alpha value is -0.100. The van der Waals surface area contributed by atoms with Crippen molar-refractivity contribution in [1.82, 2.24) is 10.3 Å². The van der Waals surface area contributed by atoms with Crippen LogP contribution in [0.25, 0.3) is 0 Å². The Bertz CT molecular complexity index is 408. The second-order valence-corrected chi connectivity index (χ2v) is 7.69. The van der Waals surface area contributed by atoms with E-state index in [1.165, 1.54) is 16.5 Å². The highest BCUT2D eigenvalue weighted by Crippen LogP contribution is 2.44. The molecule has 1 aromatic heterocycles. The largest absolute Gasteiger partial charge is 0.383 e. The maximum absolute atomic E-state index is 5.17. The zero-order chi connectivity index (χ0) is 13.9. The average molecular weight is 300 g/mol. The van der Waals surface area contributed by atoms with Crippen molar-refractivity contribution in [2.75, 3.05) is 26.0 Å². The molecule has 0 radical (unpaired) electrons. The Morgan fingerprint density at radius 2 is 2.37 bits per heavy atom. The zero-order valence-corrected chi connectivity index (χ0v) is 13.9. The van der Waals surface area contributed by atoms with Crippen LogP contribution in [0.5, 0.6) is 0 Å². The SMILES string of the molecule is COCCNC1(c2nc(C(C)C)cs2)CCSC1C. The maximum atomic E-state index is 5.17. The van der Waals surface area contributed by atoms with Crippen LogP contribution in [-0.4, -0.2) is 36.2 Å². The number of nitrogens with zero attached hydrogens (tertiary/aromatic N) is 1. The van der Waals surface area contributed by atoms with E-state index in [0.29, 0.717) is 11.2 Å². The fourth-order valence-electron chi connectivity index (χ4n) is 2.46. The fourth-order valence-corrected chi connectivity index (χ4v) is 5.21. The van der Waals surface area contributed by atoms with Crippen molar-refractivity contribution in [2.45, 2.75) is 43.9 Å². The van der Waals surface area contributed by atoms with Crippen molar-refractivity contribution in [3.63, 3.8) is 0 Å². The number of thioether (sulfide) groups is 1. The molecule has 2 rings (SSSR count). The number of thiazole rings is 1. The van der Waals surface area contributed by atoms with Crippen LogP contribution in [0.4, 0.5) is 0 Å². The summed E-state index contributed by atoms with van der Waals surface area (Å²) in [6.07, 6.45) is 1.16. The Kier molecular flexibility index (Phi) is 5.29. The third-order valence-corrected chi connectivity index (χ3v) is 6.18. The minimum absolute atomic E-state index is 0.0427. The molecule has 3 nitrogen and oxygen atoms in total. The normalized spacial score (nSPS) is 27.3. The van der Waals surface area contributed by atoms with Crippen molar-refractivity contribution in [3.8, 4) is 0 Å². The first-order chi connectivity index (χ1) is 9.10. The first-order valence-corrected chi connectivity index (χ1v) is 8.84. The van der Waals surface area contributed by atoms with E-state index in [1.54, 1.807) is 7.11 Å². The van der Waals surface area contributed by atoms with E-state index in [0.717, 1.165) is 19.6 Å². The highest BCUT2D eigenvalue weighted by molar-refractivity contribution is 8.00. The molecule has 1 fully saturated rings. The fraction of sp³-hybridized carbons (Fsp3) is 0.786. The molecule has 0 amide bonds. The summed E-state index contributed by atoms with van der Waals surface area (Å²) in [6, 6.07) is 0. The molecular formula is C14H24N2OS2. The number of ether oxygens (including phenoxy) is 1. The summed E-state index contributed by atoms with van der Waals surface area (Å²) in [5.41, 5.74) is 1.26. The molecule has 2 heterocycles. The van der Waals surface area contributed by atoms with Gasteiger partial charge in [-0.3, -0.25) is 0 Å². The smallest absolute Gasteiger partial charge is 0.114 e. The molecule has 2 atom stereocenters. The molecule has 0 aliphatic carbocycles. The predicted octanol–water partition coefficient (Wildman–Crippen LogP) is 3.22. The summed E-state index contributed by atoms with van der Waals surface area (Å²) in [5, 5.41) is 7.75. The first-order valence-electron chi connectivity index (χ1n) is 6.91. The topological polar surface area (TPSA) is 34.1 Å². The van der Waals surface area contributed by atoms with Crippen molar-refractivity contribution in [1.29, 1.82) is 0 Å². The molecule has 1 aliphatic heterocycles. The third kappa shape index (κ3) is 3.15. The van der Waals surface area contributed by atoms with Gasteiger partial charge in [0.1, 0.15) is 5.01 Å². The highest BCUT2D eigenvalue weighted by atomic mass is 32.2. The van der Waals surface area contributed by atoms with E-state index < -0.39 is 0 Å². The minimum Gasteiger partial charge on any atom is -0.383 e. The van der Waals surface area contributed by atoms with Crippen LogP contribution in [0.1, 0.15) is 43.8 Å². The number of rotatable bonds is 6. The van der Waals surface area contributed by atoms with Crippen LogP contribution >= 0.6 is 23.1 Å². The third-order valence-electron chi connectivity index (χ3n) is 3.80. The van der Waals surface area contributed by atoms with Gasteiger partial charge in [0.15, 0.2) is 0 Å². The number of nitrogens with one attached hydrogen (secondary N) is 1. The van der Waals surface area contributed by atoms with Crippen LogP contribution < -0.4 is 5.32 Å². The highest BCUT2D eigenvalue weighted by Gasteiger charge is 2.44. The Morgan fingerprint density at radius 1 is 1.58 bits per heavy atom. The summed E-state index contributed by atoms with van der Waals surface area (Å²) in [7, 11) is 1.75. The molecule has 1 aliphatic rings. The number of aromatic nitrogens is 1. The second kappa shape index (κ2) is 6.57. The molecule has 0 bridgehead atoms. The molecule has 108 valence electrons. The summed E-state index contributed by atoms with van der Waals surface area (Å²) in [4.78, 5) is 4.89. The standard InChI is InChI=1S/C14H24N2OS2/c1-10(2)12-9-19-13(16-12)14(15-6-7-17-4)5-8-18-11(14)3/h9-11,15H,5-8H2,1-4H3. The van der Waals surface area contributed by atoms with Gasteiger partial charge in [-0.05, 0) is 18.1 Å². The molecule has 1 aromatic rings. The lowest BCUT2D eigenvalue weighted by Gasteiger charge is -2.32. The molecule has 1 N–H and O–H groups in total. The molecule has 5 heteroatoms. The van der Waals surface area contributed by atoms with Crippen LogP contribution in [0.15, 0.2) is 5.38 Å². The monoisotopic (exact) mass is 300 g/mol. The van der Waals surface area contributed by atoms with Crippen LogP contribution in [0, 0.1) is 0 Å². The van der Waals surface area contributed by atoms with Gasteiger partial charge in [0.2, 0.25) is 0 Å². The summed E-state index contributed by atoms with van der Waals surface area (Å²) < 4.78 is 5.17. The summed E-state index contributed by atoms with van der Waals surface area (Å²) in [5.74, 6) is 1.71. The number of hydrogen-bond acceptors (Lipinski definition) is 5. The molecule has 1 saturated heterocycles. The van der Waals surface area contributed by atoms with Gasteiger partial charge in [0, 0.05) is 24.3 Å². The number of hydrogen-bond donors (Lipinski definition) is 1. The van der Waals surface area contributed by atoms with Crippen molar-refractivity contribution in [3.05, 3.63) is 16.1 Å². The predicted molar refractivity (Wildman–Crippen MR) is 84.3 cm³/mol. The Morgan fingerprint density at radius 3 is 2.89 bits per heavy atom. The van der Waals surface area contributed by atoms with Gasteiger partial charge in [-0.15, -0.1) is 11.3 Å². The van der Waals surface area contributed by atoms with Gasteiger partial charge in [-0.1, -0.05) is 20.8 Å². The average Bonchev–Trinajstić information content (AvgIpc) is 2.98. The lowest BCUT2D eigenvalue weighted by molar-refractivity contribution is 0.183. The lowest BCUT2D eigenvalue weighted by atomic mass is 9.93. The molecule has 2 unspecified atom stereocenters. The summed E-state index contributed by atoms with van der Waals surface area (Å²) in [6.45, 7) is 8.36. The van der Waals surface area contributed by atoms with Crippen LogP contribution in [0.2, 0.25) is 0 Å². The van der Waals surface area contributed by atoms with Crippen LogP contribution in [-0.2, 0) is 10.3 Å². The van der Waals surface area contributed by atoms with Gasteiger partial charge in [-0.25, -0.2) is 4.98 Å². The second-order valence-electron chi connectivity index (χ2n) is 5.39. The van der Waals surface area contributed by atoms with Gasteiger partial charge < -0.3 is 10.1 Å². The molecule has 19 heavy (non-hydrogen) atoms. The molecule has 0 saturated carbocycles. The van der Waals surface area contributed by atoms with E-state index in [1.807, 2.05) is 23.1 Å². The van der Waals surface area contributed by atoms with E-state index in [2.05, 4.69) is 31.5 Å². The Labute approximate surface area is 124 Å². The summed E-state index contributed by atoms with van der Waals surface area (Å²) >= 11 is 3.85. The number of methoxy groups -OCH3 is 1. The van der Waals surface area contributed by atoms with Gasteiger partial charge in [0.05, 0.1) is 17.8 Å². The van der Waals surface area contributed by atoms with Crippen molar-refractivity contribution >= 4 is 23.1 Å². The van der Waals surface area contributed by atoms with Crippen molar-refractivity contribution in [2.24, 2.45) is 0 Å². The molecule has 0 spiro atoms. The van der Waals surface area contributed by atoms with Gasteiger partial charge in [0.25, 0.3) is 0 Å². The quantitative estimate of drug-likeness (QED) is 0.818. The van der Waals surface area contributed by atoms with E-state index in [-0.39, 0.29) is 5.54 Å². The van der Waals surface area contributed by atoms with Gasteiger partial charge in [-0.2, -0.15) is 11.8 Å². The lowest BCUT2D eigenvalue weighted by Crippen LogP contribution is -2.47. The Balaban J connectivity index is 2.21. The zero-order valence-electron chi connectivity index (χ0n) is 12.2. The minimum atomic E-state index is 0.0427. The van der Waals surface area contributed by atoms with E-state index in [4.69, 9.17) is 9.72 Å². The van der Waals surface area contributed by atoms with E-state index in [9.17, 15) is 0 Å². The van der Waals surface area contributed by atoms with E-state index >= 15 is 0 Å². The molecule has 0 aromatic carbocycles. The van der Waals surface area contributed by atoms with Crippen molar-refractivity contribution < 1.29 is 4.74 Å². The maximum Gasteiger partial charge on any atom is 0.114 e. The van der Waals surface area contributed by atoms with Crippen LogP contribution in [0.3, 0.4) is 0 Å².